The summed E-state index contributed by atoms with van der Waals surface area (Å²) in [7, 11) is 1.64. The number of carbonyl (C=O) groups excluding carboxylic acids is 3. The number of allylic oxidation sites excluding steroid dienone is 2. The van der Waals surface area contributed by atoms with Crippen LogP contribution in [0.25, 0.3) is 0 Å². The van der Waals surface area contributed by atoms with Crippen molar-refractivity contribution >= 4 is 30.0 Å². The number of hydrogen-bond acceptors (Lipinski definition) is 4. The summed E-state index contributed by atoms with van der Waals surface area (Å²) in [4.78, 5) is 41.0. The van der Waals surface area contributed by atoms with Gasteiger partial charge in [-0.15, -0.1) is 0 Å². The van der Waals surface area contributed by atoms with Crippen LogP contribution in [0.2, 0.25) is 0 Å². The molecule has 1 saturated heterocycles. The zero-order chi connectivity index (χ0) is 23.5. The first-order chi connectivity index (χ1) is 15.3. The van der Waals surface area contributed by atoms with Crippen molar-refractivity contribution in [1.82, 2.24) is 4.90 Å². The van der Waals surface area contributed by atoms with E-state index in [1.54, 1.807) is 25.2 Å². The van der Waals surface area contributed by atoms with Gasteiger partial charge in [-0.25, -0.2) is 9.38 Å². The predicted molar refractivity (Wildman–Crippen MR) is 123 cm³/mol. The summed E-state index contributed by atoms with van der Waals surface area (Å²) in [5, 5.41) is 7.82. The number of unbranched alkanes of at least 4 members (excludes halogenated alkanes) is 1. The van der Waals surface area contributed by atoms with Crippen molar-refractivity contribution in [2.24, 2.45) is 10.9 Å². The lowest BCUT2D eigenvalue weighted by molar-refractivity contribution is -0.132. The molecule has 7 heteroatoms. The minimum atomic E-state index is -0.365. The van der Waals surface area contributed by atoms with E-state index in [1.807, 2.05) is 0 Å². The molecule has 6 nitrogen and oxygen atoms in total. The van der Waals surface area contributed by atoms with Crippen LogP contribution in [0.5, 0.6) is 0 Å². The topological polar surface area (TPSA) is 90.7 Å². The van der Waals surface area contributed by atoms with Crippen LogP contribution < -0.4 is 0 Å². The standard InChI is InChI=1S/C25H30FN3O3/c1-18-19(15-17-30)13-14-21(25(32)29(18)2)10-7-12-23(31)24(27)28-16-6-5-9-20-8-3-4-11-22(20)26/h3-4,8,11,15-17,21,27H,1,5-7,9-10,12-14H2,2H3/b19-15-,27-24?,28-16+/t21-/m0/s1. The van der Waals surface area contributed by atoms with Gasteiger partial charge in [0.1, 0.15) is 12.1 Å². The summed E-state index contributed by atoms with van der Waals surface area (Å²) >= 11 is 0. The first kappa shape index (κ1) is 25.0. The molecule has 0 saturated carbocycles. The third-order valence-electron chi connectivity index (χ3n) is 5.66. The van der Waals surface area contributed by atoms with Crippen molar-refractivity contribution in [3.63, 3.8) is 0 Å². The molecule has 170 valence electrons. The fraction of sp³-hybridized carbons (Fsp3) is 0.400. The maximum atomic E-state index is 13.6. The summed E-state index contributed by atoms with van der Waals surface area (Å²) < 4.78 is 13.6. The van der Waals surface area contributed by atoms with Crippen LogP contribution in [0.4, 0.5) is 4.39 Å². The van der Waals surface area contributed by atoms with Gasteiger partial charge in [0.15, 0.2) is 11.6 Å². The maximum absolute atomic E-state index is 13.6. The first-order valence-electron chi connectivity index (χ1n) is 10.8. The van der Waals surface area contributed by atoms with Gasteiger partial charge in [-0.2, -0.15) is 0 Å². The Hall–Kier alpha value is -3.22. The van der Waals surface area contributed by atoms with Gasteiger partial charge in [-0.3, -0.25) is 19.8 Å². The van der Waals surface area contributed by atoms with Gasteiger partial charge in [0.2, 0.25) is 5.91 Å². The molecule has 1 aliphatic heterocycles. The summed E-state index contributed by atoms with van der Waals surface area (Å²) in [6.45, 7) is 3.90. The van der Waals surface area contributed by atoms with Crippen molar-refractivity contribution in [2.75, 3.05) is 7.05 Å². The maximum Gasteiger partial charge on any atom is 0.229 e. The number of nitrogens with one attached hydrogen (secondary N) is 1. The second-order valence-corrected chi connectivity index (χ2v) is 7.87. The van der Waals surface area contributed by atoms with Crippen LogP contribution in [0, 0.1) is 17.1 Å². The predicted octanol–water partition coefficient (Wildman–Crippen LogP) is 4.44. The summed E-state index contributed by atoms with van der Waals surface area (Å²) in [6, 6.07) is 6.61. The average Bonchev–Trinajstić information content (AvgIpc) is 2.88. The van der Waals surface area contributed by atoms with Crippen molar-refractivity contribution < 1.29 is 18.8 Å². The number of ketones is 1. The van der Waals surface area contributed by atoms with E-state index in [0.717, 1.165) is 5.57 Å². The number of nitrogens with zero attached hydrogens (tertiary/aromatic N) is 2. The van der Waals surface area contributed by atoms with E-state index in [2.05, 4.69) is 11.6 Å². The number of likely N-dealkylation sites (tertiary alicyclic amines) is 1. The molecular weight excluding hydrogens is 409 g/mol. The van der Waals surface area contributed by atoms with E-state index in [0.29, 0.717) is 62.5 Å². The molecule has 1 heterocycles. The molecule has 0 bridgehead atoms. The van der Waals surface area contributed by atoms with Gasteiger partial charge in [-0.1, -0.05) is 24.8 Å². The number of aryl methyl sites for hydroxylation is 1. The van der Waals surface area contributed by atoms with Crippen molar-refractivity contribution in [2.45, 2.75) is 51.4 Å². The number of hydrogen-bond donors (Lipinski definition) is 1. The van der Waals surface area contributed by atoms with E-state index >= 15 is 0 Å². The number of amidine groups is 1. The number of carbonyl (C=O) groups is 3. The van der Waals surface area contributed by atoms with Gasteiger partial charge >= 0.3 is 0 Å². The number of benzene rings is 1. The summed E-state index contributed by atoms with van der Waals surface area (Å²) in [6.07, 6.45) is 7.78. The molecule has 1 aromatic carbocycles. The van der Waals surface area contributed by atoms with Crippen LogP contribution in [0.3, 0.4) is 0 Å². The molecule has 0 radical (unpaired) electrons. The van der Waals surface area contributed by atoms with Crippen LogP contribution in [-0.2, 0) is 20.8 Å². The van der Waals surface area contributed by atoms with E-state index < -0.39 is 0 Å². The van der Waals surface area contributed by atoms with Gasteiger partial charge in [0.05, 0.1) is 0 Å². The van der Waals surface area contributed by atoms with E-state index in [-0.39, 0.29) is 35.7 Å². The molecule has 2 rings (SSSR count). The highest BCUT2D eigenvalue weighted by Gasteiger charge is 2.28. The number of rotatable bonds is 10. The molecule has 1 aliphatic rings. The first-order valence-corrected chi connectivity index (χ1v) is 10.8. The number of aldehydes is 1. The fourth-order valence-corrected chi connectivity index (χ4v) is 3.69. The van der Waals surface area contributed by atoms with Crippen LogP contribution in [0.1, 0.15) is 50.5 Å². The Morgan fingerprint density at radius 3 is 2.81 bits per heavy atom. The summed E-state index contributed by atoms with van der Waals surface area (Å²) in [5.41, 5.74) is 1.93. The minimum absolute atomic E-state index is 0.0697. The van der Waals surface area contributed by atoms with Gasteiger partial charge in [0.25, 0.3) is 0 Å². The Morgan fingerprint density at radius 1 is 1.34 bits per heavy atom. The van der Waals surface area contributed by atoms with Crippen molar-refractivity contribution in [1.29, 1.82) is 5.41 Å². The van der Waals surface area contributed by atoms with E-state index in [1.165, 1.54) is 23.3 Å². The monoisotopic (exact) mass is 439 g/mol. The Balaban J connectivity index is 1.74. The summed E-state index contributed by atoms with van der Waals surface area (Å²) in [5.74, 6) is -1.22. The molecular formula is C25H30FN3O3. The molecule has 1 aromatic rings. The van der Waals surface area contributed by atoms with E-state index in [4.69, 9.17) is 5.41 Å². The van der Waals surface area contributed by atoms with Crippen molar-refractivity contribution in [3.8, 4) is 0 Å². The minimum Gasteiger partial charge on any atom is -0.316 e. The highest BCUT2D eigenvalue weighted by Crippen LogP contribution is 2.29. The molecule has 0 unspecified atom stereocenters. The highest BCUT2D eigenvalue weighted by atomic mass is 19.1. The van der Waals surface area contributed by atoms with Crippen molar-refractivity contribution in [3.05, 3.63) is 59.6 Å². The number of halogens is 1. The fourth-order valence-electron chi connectivity index (χ4n) is 3.69. The highest BCUT2D eigenvalue weighted by molar-refractivity contribution is 6.38. The lowest BCUT2D eigenvalue weighted by Gasteiger charge is -2.21. The second kappa shape index (κ2) is 12.6. The zero-order valence-electron chi connectivity index (χ0n) is 18.5. The molecule has 1 amide bonds. The number of aliphatic imine (C=N–C) groups is 1. The molecule has 32 heavy (non-hydrogen) atoms. The Morgan fingerprint density at radius 2 is 2.09 bits per heavy atom. The normalized spacial score (nSPS) is 18.2. The number of amides is 1. The number of likely N-dealkylation sites (N-methyl/N-ethyl adjacent to an activating group) is 1. The zero-order valence-corrected chi connectivity index (χ0v) is 18.5. The molecule has 1 atom stereocenters. The lowest BCUT2D eigenvalue weighted by atomic mass is 9.94. The van der Waals surface area contributed by atoms with Gasteiger partial charge < -0.3 is 4.90 Å². The molecule has 0 aromatic heterocycles. The van der Waals surface area contributed by atoms with Gasteiger partial charge in [-0.05, 0) is 68.2 Å². The molecule has 1 fully saturated rings. The van der Waals surface area contributed by atoms with Gasteiger partial charge in [0, 0.05) is 31.3 Å². The molecule has 1 N–H and O–H groups in total. The van der Waals surface area contributed by atoms with E-state index in [9.17, 15) is 18.8 Å². The molecule has 0 spiro atoms. The lowest BCUT2D eigenvalue weighted by Crippen LogP contribution is -2.30. The van der Waals surface area contributed by atoms with Crippen LogP contribution in [-0.4, -0.2) is 42.0 Å². The smallest absolute Gasteiger partial charge is 0.229 e. The van der Waals surface area contributed by atoms with Crippen LogP contribution >= 0.6 is 0 Å². The second-order valence-electron chi connectivity index (χ2n) is 7.87. The quantitative estimate of drug-likeness (QED) is 0.192. The average molecular weight is 440 g/mol. The Labute approximate surface area is 188 Å². The number of Topliss-reactive ketones (excluding diaryl/α,β-unsaturated/α-hetero) is 1. The molecule has 0 aliphatic carbocycles. The SMILES string of the molecule is C=C1/C(=C\C=O)CC[C@H](CCCC(=O)C(=N)/N=C/CCCc2ccccc2F)C(=O)N1C. The Kier molecular flexibility index (Phi) is 9.85. The third kappa shape index (κ3) is 7.18. The largest absolute Gasteiger partial charge is 0.316 e. The third-order valence-corrected chi connectivity index (χ3v) is 5.66. The van der Waals surface area contributed by atoms with Crippen LogP contribution in [0.15, 0.2) is 53.2 Å². The Bertz CT molecular complexity index is 936.